The Morgan fingerprint density at radius 3 is 2.50 bits per heavy atom. The summed E-state index contributed by atoms with van der Waals surface area (Å²) in [4.78, 5) is 0. The summed E-state index contributed by atoms with van der Waals surface area (Å²) in [5, 5.41) is 7.00. The molecule has 5 nitrogen and oxygen atoms in total. The number of hydrogen-bond donors (Lipinski definition) is 2. The summed E-state index contributed by atoms with van der Waals surface area (Å²) < 4.78 is 16.3. The highest BCUT2D eigenvalue weighted by Crippen LogP contribution is 2.32. The van der Waals surface area contributed by atoms with E-state index in [4.69, 9.17) is 26.4 Å². The summed E-state index contributed by atoms with van der Waals surface area (Å²) in [7, 11) is 1.64. The topological polar surface area (TPSA) is 51.8 Å². The Morgan fingerprint density at radius 1 is 1.08 bits per heavy atom. The summed E-state index contributed by atoms with van der Waals surface area (Å²) in [5.41, 5.74) is 1.99. The van der Waals surface area contributed by atoms with Gasteiger partial charge in [-0.1, -0.05) is 6.07 Å². The van der Waals surface area contributed by atoms with Gasteiger partial charge in [0.05, 0.1) is 13.2 Å². The van der Waals surface area contributed by atoms with Crippen molar-refractivity contribution >= 4 is 23.0 Å². The van der Waals surface area contributed by atoms with E-state index < -0.39 is 0 Å². The van der Waals surface area contributed by atoms with Gasteiger partial charge < -0.3 is 24.8 Å². The van der Waals surface area contributed by atoms with Crippen LogP contribution in [0.25, 0.3) is 0 Å². The SMILES string of the molecule is COc1ccc(NC(=S)N[C@H](C)c2ccc3c(c2)OCCO3)cc1. The highest BCUT2D eigenvalue weighted by molar-refractivity contribution is 7.80. The number of rotatable bonds is 4. The molecular formula is C18H20N2O3S. The number of methoxy groups -OCH3 is 1. The summed E-state index contributed by atoms with van der Waals surface area (Å²) in [6.07, 6.45) is 0. The van der Waals surface area contributed by atoms with Crippen molar-refractivity contribution in [2.45, 2.75) is 13.0 Å². The largest absolute Gasteiger partial charge is 0.497 e. The number of thiocarbonyl (C=S) groups is 1. The van der Waals surface area contributed by atoms with Crippen LogP contribution in [0.5, 0.6) is 17.2 Å². The number of fused-ring (bicyclic) bond motifs is 1. The van der Waals surface area contributed by atoms with E-state index in [0.717, 1.165) is 28.5 Å². The van der Waals surface area contributed by atoms with Crippen molar-refractivity contribution in [2.24, 2.45) is 0 Å². The van der Waals surface area contributed by atoms with Crippen molar-refractivity contribution < 1.29 is 14.2 Å². The third kappa shape index (κ3) is 3.89. The zero-order valence-electron chi connectivity index (χ0n) is 13.7. The van der Waals surface area contributed by atoms with Crippen LogP contribution in [0.1, 0.15) is 18.5 Å². The summed E-state index contributed by atoms with van der Waals surface area (Å²) in [6, 6.07) is 13.6. The lowest BCUT2D eigenvalue weighted by molar-refractivity contribution is 0.171. The molecule has 0 radical (unpaired) electrons. The third-order valence-corrected chi connectivity index (χ3v) is 3.98. The molecule has 3 rings (SSSR count). The molecule has 1 aliphatic rings. The van der Waals surface area contributed by atoms with E-state index in [2.05, 4.69) is 10.6 Å². The molecule has 0 spiro atoms. The second kappa shape index (κ2) is 7.40. The van der Waals surface area contributed by atoms with Crippen molar-refractivity contribution in [3.63, 3.8) is 0 Å². The predicted octanol–water partition coefficient (Wildman–Crippen LogP) is 3.51. The second-order valence-electron chi connectivity index (χ2n) is 5.45. The second-order valence-corrected chi connectivity index (χ2v) is 5.86. The molecule has 0 bridgehead atoms. The summed E-state index contributed by atoms with van der Waals surface area (Å²) in [6.45, 7) is 3.22. The van der Waals surface area contributed by atoms with Crippen LogP contribution in [0.4, 0.5) is 5.69 Å². The van der Waals surface area contributed by atoms with Gasteiger partial charge in [-0.2, -0.15) is 0 Å². The molecule has 24 heavy (non-hydrogen) atoms. The average molecular weight is 344 g/mol. The van der Waals surface area contributed by atoms with Crippen LogP contribution >= 0.6 is 12.2 Å². The van der Waals surface area contributed by atoms with Gasteiger partial charge in [-0.3, -0.25) is 0 Å². The highest BCUT2D eigenvalue weighted by atomic mass is 32.1. The van der Waals surface area contributed by atoms with Gasteiger partial charge in [0.1, 0.15) is 19.0 Å². The first-order valence-corrected chi connectivity index (χ1v) is 8.17. The van der Waals surface area contributed by atoms with E-state index in [-0.39, 0.29) is 6.04 Å². The van der Waals surface area contributed by atoms with Gasteiger partial charge in [0, 0.05) is 5.69 Å². The number of ether oxygens (including phenoxy) is 3. The predicted molar refractivity (Wildman–Crippen MR) is 98.2 cm³/mol. The zero-order valence-corrected chi connectivity index (χ0v) is 14.5. The molecule has 0 saturated heterocycles. The normalized spacial score (nSPS) is 13.8. The highest BCUT2D eigenvalue weighted by Gasteiger charge is 2.15. The maximum atomic E-state index is 5.62. The van der Waals surface area contributed by atoms with Gasteiger partial charge in [0.2, 0.25) is 0 Å². The van der Waals surface area contributed by atoms with Crippen LogP contribution in [-0.2, 0) is 0 Å². The van der Waals surface area contributed by atoms with Crippen molar-refractivity contribution in [3.8, 4) is 17.2 Å². The maximum Gasteiger partial charge on any atom is 0.171 e. The molecule has 6 heteroatoms. The monoisotopic (exact) mass is 344 g/mol. The molecule has 1 atom stereocenters. The van der Waals surface area contributed by atoms with Crippen LogP contribution in [-0.4, -0.2) is 25.4 Å². The van der Waals surface area contributed by atoms with Crippen LogP contribution in [0.3, 0.4) is 0 Å². The molecule has 126 valence electrons. The quantitative estimate of drug-likeness (QED) is 0.828. The van der Waals surface area contributed by atoms with Crippen LogP contribution in [0, 0.1) is 0 Å². The van der Waals surface area contributed by atoms with Crippen molar-refractivity contribution in [3.05, 3.63) is 48.0 Å². The van der Waals surface area contributed by atoms with Gasteiger partial charge in [-0.05, 0) is 61.1 Å². The Hall–Kier alpha value is -2.47. The number of hydrogen-bond acceptors (Lipinski definition) is 4. The fraction of sp³-hybridized carbons (Fsp3) is 0.278. The molecular weight excluding hydrogens is 324 g/mol. The zero-order chi connectivity index (χ0) is 16.9. The van der Waals surface area contributed by atoms with Gasteiger partial charge in [-0.15, -0.1) is 0 Å². The first-order valence-electron chi connectivity index (χ1n) is 7.77. The Bertz CT molecular complexity index is 719. The van der Waals surface area contributed by atoms with Gasteiger partial charge in [0.25, 0.3) is 0 Å². The minimum atomic E-state index is 0.0408. The first-order chi connectivity index (χ1) is 11.7. The Balaban J connectivity index is 1.61. The molecule has 0 aromatic heterocycles. The maximum absolute atomic E-state index is 5.62. The van der Waals surface area contributed by atoms with E-state index in [1.807, 2.05) is 49.4 Å². The fourth-order valence-corrected chi connectivity index (χ4v) is 2.75. The first kappa shape index (κ1) is 16.4. The van der Waals surface area contributed by atoms with Gasteiger partial charge >= 0.3 is 0 Å². The standard InChI is InChI=1S/C18H20N2O3S/c1-12(13-3-8-16-17(11-13)23-10-9-22-16)19-18(24)20-14-4-6-15(21-2)7-5-14/h3-8,11-12H,9-10H2,1-2H3,(H2,19,20,24)/t12-/m1/s1. The molecule has 2 aromatic carbocycles. The van der Waals surface area contributed by atoms with Crippen LogP contribution in [0.2, 0.25) is 0 Å². The molecule has 0 fully saturated rings. The van der Waals surface area contributed by atoms with E-state index in [0.29, 0.717) is 18.3 Å². The number of benzene rings is 2. The van der Waals surface area contributed by atoms with E-state index in [1.54, 1.807) is 7.11 Å². The molecule has 0 unspecified atom stereocenters. The minimum absolute atomic E-state index is 0.0408. The summed E-state index contributed by atoms with van der Waals surface area (Å²) >= 11 is 5.39. The van der Waals surface area contributed by atoms with Crippen LogP contribution < -0.4 is 24.8 Å². The number of nitrogens with one attached hydrogen (secondary N) is 2. The van der Waals surface area contributed by atoms with E-state index in [9.17, 15) is 0 Å². The molecule has 0 saturated carbocycles. The molecule has 1 aliphatic heterocycles. The molecule has 1 heterocycles. The minimum Gasteiger partial charge on any atom is -0.497 e. The molecule has 2 aromatic rings. The van der Waals surface area contributed by atoms with Crippen molar-refractivity contribution in [1.29, 1.82) is 0 Å². The van der Waals surface area contributed by atoms with E-state index in [1.165, 1.54) is 0 Å². The number of anilines is 1. The molecule has 0 aliphatic carbocycles. The molecule has 0 amide bonds. The van der Waals surface area contributed by atoms with Crippen molar-refractivity contribution in [2.75, 3.05) is 25.6 Å². The fourth-order valence-electron chi connectivity index (χ4n) is 2.45. The van der Waals surface area contributed by atoms with E-state index >= 15 is 0 Å². The lowest BCUT2D eigenvalue weighted by atomic mass is 10.1. The smallest absolute Gasteiger partial charge is 0.171 e. The van der Waals surface area contributed by atoms with Crippen molar-refractivity contribution in [1.82, 2.24) is 5.32 Å². The lowest BCUT2D eigenvalue weighted by Crippen LogP contribution is -2.31. The third-order valence-electron chi connectivity index (χ3n) is 3.76. The van der Waals surface area contributed by atoms with Gasteiger partial charge in [0.15, 0.2) is 16.6 Å². The lowest BCUT2D eigenvalue weighted by Gasteiger charge is -2.22. The summed E-state index contributed by atoms with van der Waals surface area (Å²) in [5.74, 6) is 2.38. The average Bonchev–Trinajstić information content (AvgIpc) is 2.61. The Labute approximate surface area is 146 Å². The van der Waals surface area contributed by atoms with Gasteiger partial charge in [-0.25, -0.2) is 0 Å². The molecule has 2 N–H and O–H groups in total. The Kier molecular flexibility index (Phi) is 5.05. The Morgan fingerprint density at radius 2 is 1.79 bits per heavy atom. The van der Waals surface area contributed by atoms with Crippen LogP contribution in [0.15, 0.2) is 42.5 Å².